The van der Waals surface area contributed by atoms with E-state index in [4.69, 9.17) is 0 Å². The van der Waals surface area contributed by atoms with Gasteiger partial charge < -0.3 is 10.2 Å². The summed E-state index contributed by atoms with van der Waals surface area (Å²) < 4.78 is 55.2. The number of benzene rings is 2. The molecule has 1 aromatic heterocycles. The van der Waals surface area contributed by atoms with Crippen LogP contribution in [0.1, 0.15) is 36.3 Å². The van der Waals surface area contributed by atoms with Crippen molar-refractivity contribution in [1.82, 2.24) is 14.7 Å². The zero-order valence-corrected chi connectivity index (χ0v) is 18.0. The lowest BCUT2D eigenvalue weighted by atomic mass is 10.1. The summed E-state index contributed by atoms with van der Waals surface area (Å²) in [5, 5.41) is 6.41. The quantitative estimate of drug-likeness (QED) is 0.397. The van der Waals surface area contributed by atoms with Gasteiger partial charge in [-0.3, -0.25) is 9.59 Å². The Morgan fingerprint density at radius 3 is 2.33 bits per heavy atom. The van der Waals surface area contributed by atoms with Gasteiger partial charge in [0.05, 0.1) is 28.8 Å². The first kappa shape index (κ1) is 24.0. The first-order chi connectivity index (χ1) is 15.8. The molecule has 2 amide bonds. The normalized spacial score (nSPS) is 10.8. The largest absolute Gasteiger partial charge is 0.329 e. The molecule has 0 bridgehead atoms. The van der Waals surface area contributed by atoms with Gasteiger partial charge in [0.2, 0.25) is 5.91 Å². The van der Waals surface area contributed by atoms with Crippen molar-refractivity contribution >= 4 is 17.5 Å². The smallest absolute Gasteiger partial charge is 0.257 e. The molecular weight excluding hydrogens is 440 g/mol. The summed E-state index contributed by atoms with van der Waals surface area (Å²) in [4.78, 5) is 26.9. The highest BCUT2D eigenvalue weighted by atomic mass is 19.2. The molecule has 174 valence electrons. The fourth-order valence-corrected chi connectivity index (χ4v) is 3.38. The molecule has 0 aliphatic rings. The molecule has 0 radical (unpaired) electrons. The van der Waals surface area contributed by atoms with Crippen LogP contribution in [0, 0.1) is 23.3 Å². The van der Waals surface area contributed by atoms with E-state index in [-0.39, 0.29) is 12.1 Å². The van der Waals surface area contributed by atoms with Crippen LogP contribution in [0.2, 0.25) is 0 Å². The number of aromatic nitrogens is 2. The maximum absolute atomic E-state index is 13.9. The third-order valence-electron chi connectivity index (χ3n) is 4.93. The van der Waals surface area contributed by atoms with E-state index in [1.54, 1.807) is 0 Å². The number of nitrogens with zero attached hydrogens (tertiary/aromatic N) is 3. The molecule has 2 aromatic carbocycles. The Morgan fingerprint density at radius 2 is 1.70 bits per heavy atom. The molecule has 0 atom stereocenters. The summed E-state index contributed by atoms with van der Waals surface area (Å²) in [6.07, 6.45) is 2.34. The van der Waals surface area contributed by atoms with Crippen molar-refractivity contribution in [2.24, 2.45) is 0 Å². The van der Waals surface area contributed by atoms with Gasteiger partial charge in [0.25, 0.3) is 5.91 Å². The summed E-state index contributed by atoms with van der Waals surface area (Å²) in [5.74, 6) is -6.24. The van der Waals surface area contributed by atoms with E-state index >= 15 is 0 Å². The lowest BCUT2D eigenvalue weighted by molar-refractivity contribution is -0.116. The molecule has 10 heteroatoms. The third kappa shape index (κ3) is 5.21. The Labute approximate surface area is 187 Å². The van der Waals surface area contributed by atoms with Crippen molar-refractivity contribution in [3.63, 3.8) is 0 Å². The number of halogens is 4. The number of rotatable bonds is 8. The Hall–Kier alpha value is -3.69. The number of hydrogen-bond donors (Lipinski definition) is 1. The molecule has 1 N–H and O–H groups in total. The van der Waals surface area contributed by atoms with Crippen molar-refractivity contribution in [3.8, 4) is 5.69 Å². The van der Waals surface area contributed by atoms with Crippen LogP contribution >= 0.6 is 0 Å². The van der Waals surface area contributed by atoms with E-state index in [0.717, 1.165) is 6.07 Å². The van der Waals surface area contributed by atoms with Gasteiger partial charge in [0, 0.05) is 6.54 Å². The van der Waals surface area contributed by atoms with E-state index in [2.05, 4.69) is 10.4 Å². The second kappa shape index (κ2) is 10.3. The van der Waals surface area contributed by atoms with Crippen molar-refractivity contribution in [1.29, 1.82) is 0 Å². The molecule has 0 aliphatic heterocycles. The molecule has 0 fully saturated rings. The fourth-order valence-electron chi connectivity index (χ4n) is 3.38. The van der Waals surface area contributed by atoms with Crippen LogP contribution in [0.4, 0.5) is 23.2 Å². The summed E-state index contributed by atoms with van der Waals surface area (Å²) >= 11 is 0. The SMILES string of the molecule is CCCN(CC(=O)Nc1ccc(F)c(F)c1F)C(=O)c1cnn(-c2ccc(F)cc2)c1CC. The number of carbonyl (C=O) groups excluding carboxylic acids is 2. The maximum Gasteiger partial charge on any atom is 0.257 e. The molecule has 0 aliphatic carbocycles. The van der Waals surface area contributed by atoms with Crippen LogP contribution in [-0.4, -0.2) is 39.6 Å². The molecule has 0 saturated carbocycles. The molecule has 1 heterocycles. The molecule has 3 rings (SSSR count). The monoisotopic (exact) mass is 462 g/mol. The van der Waals surface area contributed by atoms with Crippen LogP contribution in [0.15, 0.2) is 42.6 Å². The van der Waals surface area contributed by atoms with E-state index in [0.29, 0.717) is 30.3 Å². The minimum Gasteiger partial charge on any atom is -0.329 e. The highest BCUT2D eigenvalue weighted by Gasteiger charge is 2.24. The number of hydrogen-bond acceptors (Lipinski definition) is 3. The lowest BCUT2D eigenvalue weighted by Crippen LogP contribution is -2.39. The van der Waals surface area contributed by atoms with Gasteiger partial charge in [0.1, 0.15) is 12.4 Å². The van der Waals surface area contributed by atoms with Crippen LogP contribution in [0.5, 0.6) is 0 Å². The Balaban J connectivity index is 1.82. The number of anilines is 1. The van der Waals surface area contributed by atoms with Crippen LogP contribution in [0.25, 0.3) is 5.69 Å². The highest BCUT2D eigenvalue weighted by Crippen LogP contribution is 2.21. The molecule has 0 saturated heterocycles. The van der Waals surface area contributed by atoms with Gasteiger partial charge in [-0.05, 0) is 49.2 Å². The van der Waals surface area contributed by atoms with Crippen molar-refractivity contribution < 1.29 is 27.2 Å². The zero-order valence-electron chi connectivity index (χ0n) is 18.0. The van der Waals surface area contributed by atoms with Crippen LogP contribution in [0.3, 0.4) is 0 Å². The minimum absolute atomic E-state index is 0.220. The predicted molar refractivity (Wildman–Crippen MR) is 114 cm³/mol. The highest BCUT2D eigenvalue weighted by molar-refractivity contribution is 6.00. The minimum atomic E-state index is -1.70. The molecular formula is C23H22F4N4O2. The topological polar surface area (TPSA) is 67.2 Å². The van der Waals surface area contributed by atoms with Crippen LogP contribution in [-0.2, 0) is 11.2 Å². The summed E-state index contributed by atoms with van der Waals surface area (Å²) in [5.41, 5.74) is 0.879. The first-order valence-corrected chi connectivity index (χ1v) is 10.3. The number of carbonyl (C=O) groups is 2. The van der Waals surface area contributed by atoms with Gasteiger partial charge in [-0.1, -0.05) is 13.8 Å². The van der Waals surface area contributed by atoms with Crippen molar-refractivity contribution in [3.05, 3.63) is 77.1 Å². The van der Waals surface area contributed by atoms with E-state index in [1.807, 2.05) is 13.8 Å². The van der Waals surface area contributed by atoms with Crippen molar-refractivity contribution in [2.75, 3.05) is 18.4 Å². The van der Waals surface area contributed by atoms with E-state index in [1.165, 1.54) is 40.0 Å². The lowest BCUT2D eigenvalue weighted by Gasteiger charge is -2.22. The summed E-state index contributed by atoms with van der Waals surface area (Å²) in [6, 6.07) is 7.22. The second-order valence-corrected chi connectivity index (χ2v) is 7.24. The van der Waals surface area contributed by atoms with Crippen molar-refractivity contribution in [2.45, 2.75) is 26.7 Å². The van der Waals surface area contributed by atoms with Crippen LogP contribution < -0.4 is 5.32 Å². The van der Waals surface area contributed by atoms with Gasteiger partial charge in [-0.15, -0.1) is 0 Å². The van der Waals surface area contributed by atoms with E-state index < -0.39 is 47.3 Å². The van der Waals surface area contributed by atoms with E-state index in [9.17, 15) is 27.2 Å². The number of nitrogens with one attached hydrogen (secondary N) is 1. The van der Waals surface area contributed by atoms with Gasteiger partial charge >= 0.3 is 0 Å². The standard InChI is InChI=1S/C23H22F4N4O2/c1-3-11-30(13-20(32)29-18-10-9-17(25)21(26)22(18)27)23(33)16-12-28-31(19(16)4-2)15-7-5-14(24)6-8-15/h5-10,12H,3-4,11,13H2,1-2H3,(H,29,32). The maximum atomic E-state index is 13.9. The predicted octanol–water partition coefficient (Wildman–Crippen LogP) is 4.48. The van der Waals surface area contributed by atoms with Gasteiger partial charge in [0.15, 0.2) is 17.5 Å². The Kier molecular flexibility index (Phi) is 7.47. The second-order valence-electron chi connectivity index (χ2n) is 7.24. The molecule has 33 heavy (non-hydrogen) atoms. The molecule has 0 unspecified atom stereocenters. The van der Waals surface area contributed by atoms with Gasteiger partial charge in [-0.25, -0.2) is 22.2 Å². The average Bonchev–Trinajstić information content (AvgIpc) is 3.23. The first-order valence-electron chi connectivity index (χ1n) is 10.3. The third-order valence-corrected chi connectivity index (χ3v) is 4.93. The molecule has 3 aromatic rings. The summed E-state index contributed by atoms with van der Waals surface area (Å²) in [6.45, 7) is 3.43. The van der Waals surface area contributed by atoms with Gasteiger partial charge in [-0.2, -0.15) is 5.10 Å². The average molecular weight is 462 g/mol. The Morgan fingerprint density at radius 1 is 1.00 bits per heavy atom. The fraction of sp³-hybridized carbons (Fsp3) is 0.261. The molecule has 0 spiro atoms. The zero-order chi connectivity index (χ0) is 24.1. The number of amides is 2. The Bertz CT molecular complexity index is 1160. The summed E-state index contributed by atoms with van der Waals surface area (Å²) in [7, 11) is 0. The molecule has 6 nitrogen and oxygen atoms in total.